The lowest BCUT2D eigenvalue weighted by molar-refractivity contribution is -0.0331. The molecule has 7 aliphatic heterocycles. The van der Waals surface area contributed by atoms with Gasteiger partial charge in [0.1, 0.15) is 0 Å². The first-order valence-corrected chi connectivity index (χ1v) is 16.9. The summed E-state index contributed by atoms with van der Waals surface area (Å²) in [7, 11) is 0. The maximum atomic E-state index is 7.10. The molecule has 4 fully saturated rings. The lowest BCUT2D eigenvalue weighted by Gasteiger charge is -2.59. The molecular weight excluding hydrogens is 528 g/mol. The van der Waals surface area contributed by atoms with Gasteiger partial charge in [0.2, 0.25) is 0 Å². The van der Waals surface area contributed by atoms with Crippen molar-refractivity contribution in [2.24, 2.45) is 17.8 Å². The Labute approximate surface area is 253 Å². The number of rotatable bonds is 1. The van der Waals surface area contributed by atoms with Gasteiger partial charge in [-0.2, -0.15) is 0 Å². The molecule has 11 rings (SSSR count). The summed E-state index contributed by atoms with van der Waals surface area (Å²) in [5.74, 6) is 1.56. The standard InChI is InChI=1S/C38H40N4O/c1-2-22-19-40-14-11-25-24-7-3-5-9-30(24)39-35(25)32(40)17-26(22)28-21-42-31-10-6-4-8-29(31)38-13-15-41-20-23-12-16-43-36(28)34(37(38)42)27(23)18-33(38)41/h2-10,12,21,26-27,32-34,36-37,39H,11,13-20H2,1H3/b22-2-/t26-,27-,32?,33-,34-,36-,37-,38?/m0/s1. The van der Waals surface area contributed by atoms with Crippen LogP contribution in [-0.2, 0) is 16.6 Å². The molecule has 1 spiro atoms. The van der Waals surface area contributed by atoms with Crippen molar-refractivity contribution in [2.75, 3.05) is 37.7 Å². The highest BCUT2D eigenvalue weighted by Gasteiger charge is 2.70. The van der Waals surface area contributed by atoms with Crippen molar-refractivity contribution in [1.29, 1.82) is 0 Å². The van der Waals surface area contributed by atoms with Gasteiger partial charge in [-0.1, -0.05) is 59.7 Å². The second-order valence-electron chi connectivity index (χ2n) is 14.7. The number of fused-ring (bicyclic) bond motifs is 7. The molecule has 3 saturated heterocycles. The molecule has 8 aliphatic rings. The van der Waals surface area contributed by atoms with Crippen molar-refractivity contribution in [3.63, 3.8) is 0 Å². The van der Waals surface area contributed by atoms with E-state index in [1.165, 1.54) is 41.7 Å². The minimum atomic E-state index is 0.191. The van der Waals surface area contributed by atoms with Gasteiger partial charge in [-0.25, -0.2) is 0 Å². The summed E-state index contributed by atoms with van der Waals surface area (Å²) >= 11 is 0. The van der Waals surface area contributed by atoms with E-state index in [0.717, 1.165) is 39.1 Å². The van der Waals surface area contributed by atoms with Gasteiger partial charge in [0.15, 0.2) is 0 Å². The van der Waals surface area contributed by atoms with Crippen LogP contribution in [-0.4, -0.2) is 65.8 Å². The van der Waals surface area contributed by atoms with Crippen LogP contribution >= 0.6 is 0 Å². The van der Waals surface area contributed by atoms with Crippen LogP contribution in [0.25, 0.3) is 10.9 Å². The number of allylic oxidation sites excluding steroid dienone is 1. The third-order valence-corrected chi connectivity index (χ3v) is 13.5. The number of H-pyrrole nitrogens is 1. The van der Waals surface area contributed by atoms with E-state index in [9.17, 15) is 0 Å². The maximum Gasteiger partial charge on any atom is 0.0866 e. The van der Waals surface area contributed by atoms with Gasteiger partial charge in [0, 0.05) is 71.4 Å². The van der Waals surface area contributed by atoms with Gasteiger partial charge in [-0.15, -0.1) is 0 Å². The van der Waals surface area contributed by atoms with Gasteiger partial charge in [-0.05, 0) is 73.9 Å². The van der Waals surface area contributed by atoms with E-state index in [-0.39, 0.29) is 11.5 Å². The molecule has 5 heteroatoms. The predicted molar refractivity (Wildman–Crippen MR) is 170 cm³/mol. The second-order valence-corrected chi connectivity index (χ2v) is 14.7. The lowest BCUT2D eigenvalue weighted by atomic mass is 9.53. The van der Waals surface area contributed by atoms with Crippen molar-refractivity contribution in [3.8, 4) is 0 Å². The van der Waals surface area contributed by atoms with E-state index in [2.05, 4.69) is 93.5 Å². The average Bonchev–Trinajstić information content (AvgIpc) is 3.67. The molecule has 1 N–H and O–H groups in total. The van der Waals surface area contributed by atoms with Gasteiger partial charge >= 0.3 is 0 Å². The van der Waals surface area contributed by atoms with Crippen LogP contribution < -0.4 is 4.90 Å². The van der Waals surface area contributed by atoms with Gasteiger partial charge in [0.25, 0.3) is 0 Å². The first-order valence-electron chi connectivity index (χ1n) is 16.9. The molecule has 218 valence electrons. The Balaban J connectivity index is 1.08. The summed E-state index contributed by atoms with van der Waals surface area (Å²) in [4.78, 5) is 12.3. The smallest absolute Gasteiger partial charge is 0.0866 e. The van der Waals surface area contributed by atoms with Crippen molar-refractivity contribution in [3.05, 3.63) is 100 Å². The quantitative estimate of drug-likeness (QED) is 0.360. The zero-order chi connectivity index (χ0) is 28.0. The number of hydrogen-bond acceptors (Lipinski definition) is 4. The summed E-state index contributed by atoms with van der Waals surface area (Å²) in [5.41, 5.74) is 12.5. The molecular formula is C38H40N4O. The Morgan fingerprint density at radius 1 is 1.00 bits per heavy atom. The first kappa shape index (κ1) is 24.2. The number of anilines is 1. The normalized spacial score (nSPS) is 39.7. The third kappa shape index (κ3) is 2.86. The Morgan fingerprint density at radius 2 is 1.91 bits per heavy atom. The van der Waals surface area contributed by atoms with Crippen LogP contribution in [0.5, 0.6) is 0 Å². The Kier molecular flexibility index (Phi) is 4.69. The minimum Gasteiger partial charge on any atom is -0.369 e. The van der Waals surface area contributed by atoms with Crippen LogP contribution in [0.2, 0.25) is 0 Å². The molecule has 1 saturated carbocycles. The predicted octanol–water partition coefficient (Wildman–Crippen LogP) is 6.11. The van der Waals surface area contributed by atoms with E-state index in [0.29, 0.717) is 35.9 Å². The molecule has 2 unspecified atom stereocenters. The maximum absolute atomic E-state index is 7.10. The third-order valence-electron chi connectivity index (χ3n) is 13.5. The van der Waals surface area contributed by atoms with E-state index in [4.69, 9.17) is 4.74 Å². The summed E-state index contributed by atoms with van der Waals surface area (Å²) in [6, 6.07) is 20.0. The largest absolute Gasteiger partial charge is 0.369 e. The van der Waals surface area contributed by atoms with E-state index in [1.807, 2.05) is 0 Å². The molecule has 8 heterocycles. The summed E-state index contributed by atoms with van der Waals surface area (Å²) in [5, 5.41) is 1.43. The van der Waals surface area contributed by atoms with Crippen molar-refractivity contribution in [2.45, 2.75) is 62.3 Å². The van der Waals surface area contributed by atoms with Gasteiger partial charge < -0.3 is 14.6 Å². The summed E-state index contributed by atoms with van der Waals surface area (Å²) in [6.07, 6.45) is 12.6. The van der Waals surface area contributed by atoms with Crippen molar-refractivity contribution >= 4 is 16.6 Å². The van der Waals surface area contributed by atoms with Crippen molar-refractivity contribution < 1.29 is 4.74 Å². The van der Waals surface area contributed by atoms with E-state index >= 15 is 0 Å². The Hall–Kier alpha value is -3.12. The molecule has 3 aromatic rings. The van der Waals surface area contributed by atoms with Gasteiger partial charge in [0.05, 0.1) is 24.8 Å². The molecule has 2 bridgehead atoms. The van der Waals surface area contributed by atoms with Crippen LogP contribution in [0.3, 0.4) is 0 Å². The van der Waals surface area contributed by atoms with Crippen molar-refractivity contribution in [1.82, 2.24) is 14.8 Å². The molecule has 1 aliphatic carbocycles. The molecule has 43 heavy (non-hydrogen) atoms. The SMILES string of the molecule is C/C=C1/CN2CCc3c([nH]c4ccccc34)C2C[C@@H]1C1=CN2c3ccccc3C34CCN5CC6=CCO[C@@H]1[C@@H]([C@H]23)[C@H]6C[C@H]54. The molecule has 5 nitrogen and oxygen atoms in total. The number of aromatic nitrogens is 1. The molecule has 2 aromatic carbocycles. The van der Waals surface area contributed by atoms with E-state index in [1.54, 1.807) is 27.8 Å². The Bertz CT molecular complexity index is 1800. The fourth-order valence-electron chi connectivity index (χ4n) is 11.9. The second kappa shape index (κ2) is 8.32. The molecule has 8 atom stereocenters. The Morgan fingerprint density at radius 3 is 2.86 bits per heavy atom. The highest BCUT2D eigenvalue weighted by molar-refractivity contribution is 5.85. The number of nitrogens with zero attached hydrogens (tertiary/aromatic N) is 3. The molecule has 0 amide bonds. The van der Waals surface area contributed by atoms with Crippen LogP contribution in [0.15, 0.2) is 83.6 Å². The van der Waals surface area contributed by atoms with Crippen LogP contribution in [0, 0.1) is 17.8 Å². The minimum absolute atomic E-state index is 0.191. The fourth-order valence-corrected chi connectivity index (χ4v) is 11.9. The van der Waals surface area contributed by atoms with Crippen LogP contribution in [0.1, 0.15) is 49.0 Å². The molecule has 1 aromatic heterocycles. The number of ether oxygens (including phenoxy) is 1. The van der Waals surface area contributed by atoms with Gasteiger partial charge in [-0.3, -0.25) is 9.80 Å². The monoisotopic (exact) mass is 568 g/mol. The number of para-hydroxylation sites is 2. The summed E-state index contributed by atoms with van der Waals surface area (Å²) in [6.45, 7) is 7.63. The lowest BCUT2D eigenvalue weighted by Crippen LogP contribution is -2.67. The number of piperidine rings is 2. The topological polar surface area (TPSA) is 34.7 Å². The number of nitrogens with one attached hydrogen (secondary N) is 1. The van der Waals surface area contributed by atoms with E-state index < -0.39 is 0 Å². The fraction of sp³-hybridized carbons (Fsp3) is 0.474. The zero-order valence-electron chi connectivity index (χ0n) is 25.0. The number of aromatic amines is 1. The first-order chi connectivity index (χ1) is 21.2. The highest BCUT2D eigenvalue weighted by atomic mass is 16.5. The zero-order valence-corrected chi connectivity index (χ0v) is 25.0. The van der Waals surface area contributed by atoms with Crippen LogP contribution in [0.4, 0.5) is 5.69 Å². The summed E-state index contributed by atoms with van der Waals surface area (Å²) < 4.78 is 7.10. The number of benzene rings is 2. The molecule has 0 radical (unpaired) electrons. The average molecular weight is 569 g/mol. The number of hydrogen-bond donors (Lipinski definition) is 1. The highest BCUT2D eigenvalue weighted by Crippen LogP contribution is 2.66.